The molecule has 1 aromatic heterocycles. The Morgan fingerprint density at radius 1 is 1.23 bits per heavy atom. The lowest BCUT2D eigenvalue weighted by Crippen LogP contribution is -2.43. The molecule has 3 aromatic rings. The van der Waals surface area contributed by atoms with Gasteiger partial charge in [-0.25, -0.2) is 4.39 Å². The Bertz CT molecular complexity index is 1070. The third kappa shape index (κ3) is 4.20. The number of halogens is 2. The summed E-state index contributed by atoms with van der Waals surface area (Å²) in [6.45, 7) is 3.01. The molecule has 1 aliphatic heterocycles. The smallest absolute Gasteiger partial charge is 0.128 e. The van der Waals surface area contributed by atoms with Gasteiger partial charge < -0.3 is 9.64 Å². The van der Waals surface area contributed by atoms with E-state index in [4.69, 9.17) is 21.6 Å². The molecule has 0 spiro atoms. The van der Waals surface area contributed by atoms with Crippen molar-refractivity contribution >= 4 is 22.5 Å². The SMILES string of the molecule is CN1CCC(COCc2cc(Cl)cc3cnn(CC#N)c23)(c2ccc(F)cc2)CC1. The zero-order valence-electron chi connectivity index (χ0n) is 16.9. The average Bonchev–Trinajstić information content (AvgIpc) is 3.13. The quantitative estimate of drug-likeness (QED) is 0.581. The van der Waals surface area contributed by atoms with Crippen molar-refractivity contribution in [3.63, 3.8) is 0 Å². The minimum atomic E-state index is -0.227. The Hall–Kier alpha value is -2.46. The van der Waals surface area contributed by atoms with Crippen molar-refractivity contribution in [2.45, 2.75) is 31.4 Å². The van der Waals surface area contributed by atoms with E-state index >= 15 is 0 Å². The maximum Gasteiger partial charge on any atom is 0.128 e. The molecule has 0 saturated carbocycles. The van der Waals surface area contributed by atoms with E-state index in [1.54, 1.807) is 10.9 Å². The van der Waals surface area contributed by atoms with Crippen LogP contribution in [0.5, 0.6) is 0 Å². The third-order valence-corrected chi connectivity index (χ3v) is 6.25. The van der Waals surface area contributed by atoms with Crippen LogP contribution in [0.4, 0.5) is 4.39 Å². The fourth-order valence-electron chi connectivity index (χ4n) is 4.30. The summed E-state index contributed by atoms with van der Waals surface area (Å²) in [5.74, 6) is -0.227. The lowest BCUT2D eigenvalue weighted by molar-refractivity contribution is 0.0411. The lowest BCUT2D eigenvalue weighted by Gasteiger charge is -2.41. The van der Waals surface area contributed by atoms with Crippen LogP contribution >= 0.6 is 11.6 Å². The second-order valence-electron chi connectivity index (χ2n) is 8.05. The van der Waals surface area contributed by atoms with Crippen molar-refractivity contribution in [2.24, 2.45) is 0 Å². The molecule has 30 heavy (non-hydrogen) atoms. The van der Waals surface area contributed by atoms with Crippen LogP contribution in [0.25, 0.3) is 10.9 Å². The number of ether oxygens (including phenoxy) is 1. The summed E-state index contributed by atoms with van der Waals surface area (Å²) in [5.41, 5.74) is 2.75. The van der Waals surface area contributed by atoms with Crippen LogP contribution in [0.1, 0.15) is 24.0 Å². The van der Waals surface area contributed by atoms with Crippen molar-refractivity contribution in [1.29, 1.82) is 5.26 Å². The van der Waals surface area contributed by atoms with Gasteiger partial charge in [0.2, 0.25) is 0 Å². The van der Waals surface area contributed by atoms with Crippen molar-refractivity contribution < 1.29 is 9.13 Å². The molecule has 4 rings (SSSR count). The molecule has 0 amide bonds. The van der Waals surface area contributed by atoms with E-state index in [1.807, 2.05) is 24.3 Å². The lowest BCUT2D eigenvalue weighted by atomic mass is 9.73. The maximum absolute atomic E-state index is 13.5. The molecule has 0 atom stereocenters. The fourth-order valence-corrected chi connectivity index (χ4v) is 4.55. The summed E-state index contributed by atoms with van der Waals surface area (Å²) in [4.78, 5) is 2.31. The Kier molecular flexibility index (Phi) is 6.05. The summed E-state index contributed by atoms with van der Waals surface area (Å²) < 4.78 is 21.4. The van der Waals surface area contributed by atoms with E-state index in [0.717, 1.165) is 48.0 Å². The second kappa shape index (κ2) is 8.73. The fraction of sp³-hybridized carbons (Fsp3) is 0.391. The average molecular weight is 427 g/mol. The van der Waals surface area contributed by atoms with Gasteiger partial charge in [0, 0.05) is 21.4 Å². The molecule has 0 N–H and O–H groups in total. The first-order valence-corrected chi connectivity index (χ1v) is 10.4. The molecule has 2 aromatic carbocycles. The molecule has 0 aliphatic carbocycles. The molecule has 0 radical (unpaired) electrons. The summed E-state index contributed by atoms with van der Waals surface area (Å²) in [7, 11) is 2.12. The first-order valence-electron chi connectivity index (χ1n) is 10.0. The Morgan fingerprint density at radius 2 is 1.97 bits per heavy atom. The third-order valence-electron chi connectivity index (χ3n) is 6.03. The maximum atomic E-state index is 13.5. The first kappa shape index (κ1) is 20.8. The molecule has 2 heterocycles. The highest BCUT2D eigenvalue weighted by atomic mass is 35.5. The molecule has 1 aliphatic rings. The van der Waals surface area contributed by atoms with Gasteiger partial charge in [-0.1, -0.05) is 23.7 Å². The molecule has 0 unspecified atom stereocenters. The van der Waals surface area contributed by atoms with Crippen LogP contribution in [0.3, 0.4) is 0 Å². The number of piperidine rings is 1. The monoisotopic (exact) mass is 426 g/mol. The molecule has 5 nitrogen and oxygen atoms in total. The summed E-state index contributed by atoms with van der Waals surface area (Å²) >= 11 is 6.29. The Morgan fingerprint density at radius 3 is 2.67 bits per heavy atom. The number of benzene rings is 2. The summed E-state index contributed by atoms with van der Waals surface area (Å²) in [6.07, 6.45) is 3.62. The molecule has 156 valence electrons. The predicted octanol–water partition coefficient (Wildman–Crippen LogP) is 4.53. The van der Waals surface area contributed by atoms with E-state index in [-0.39, 0.29) is 17.8 Å². The zero-order chi connectivity index (χ0) is 21.1. The topological polar surface area (TPSA) is 54.1 Å². The molecular weight excluding hydrogens is 403 g/mol. The van der Waals surface area contributed by atoms with Gasteiger partial charge in [-0.2, -0.15) is 10.4 Å². The first-order chi connectivity index (χ1) is 14.5. The van der Waals surface area contributed by atoms with Crippen LogP contribution < -0.4 is 0 Å². The van der Waals surface area contributed by atoms with E-state index < -0.39 is 0 Å². The van der Waals surface area contributed by atoms with E-state index in [2.05, 4.69) is 23.1 Å². The number of likely N-dealkylation sites (tertiary alicyclic amines) is 1. The highest BCUT2D eigenvalue weighted by Gasteiger charge is 2.36. The van der Waals surface area contributed by atoms with Crippen LogP contribution in [0.15, 0.2) is 42.6 Å². The van der Waals surface area contributed by atoms with Gasteiger partial charge in [-0.3, -0.25) is 4.68 Å². The summed E-state index contributed by atoms with van der Waals surface area (Å²) in [6, 6.07) is 12.7. The van der Waals surface area contributed by atoms with E-state index in [0.29, 0.717) is 18.2 Å². The molecule has 7 heteroatoms. The normalized spacial score (nSPS) is 16.6. The minimum Gasteiger partial charge on any atom is -0.376 e. The van der Waals surface area contributed by atoms with Crippen molar-refractivity contribution in [3.05, 3.63) is 64.6 Å². The number of hydrogen-bond donors (Lipinski definition) is 0. The molecule has 1 fully saturated rings. The minimum absolute atomic E-state index is 0.148. The van der Waals surface area contributed by atoms with Crippen molar-refractivity contribution in [1.82, 2.24) is 14.7 Å². The highest BCUT2D eigenvalue weighted by molar-refractivity contribution is 6.31. The number of fused-ring (bicyclic) bond motifs is 1. The van der Waals surface area contributed by atoms with E-state index in [1.165, 1.54) is 12.1 Å². The number of rotatable bonds is 6. The van der Waals surface area contributed by atoms with Gasteiger partial charge in [0.15, 0.2) is 0 Å². The van der Waals surface area contributed by atoms with Gasteiger partial charge >= 0.3 is 0 Å². The standard InChI is InChI=1S/C23H24ClFN4O/c1-28-9-6-23(7-10-28,19-2-4-21(25)5-3-19)16-30-15-18-13-20(24)12-17-14-27-29(11-8-26)22(17)18/h2-5,12-14H,6-7,9-11,15-16H2,1H3. The van der Waals surface area contributed by atoms with Gasteiger partial charge in [-0.05, 0) is 62.8 Å². The Balaban J connectivity index is 1.57. The predicted molar refractivity (Wildman–Crippen MR) is 115 cm³/mol. The van der Waals surface area contributed by atoms with Crippen molar-refractivity contribution in [2.75, 3.05) is 26.7 Å². The van der Waals surface area contributed by atoms with Gasteiger partial charge in [-0.15, -0.1) is 0 Å². The second-order valence-corrected chi connectivity index (χ2v) is 8.48. The number of nitrogens with zero attached hydrogens (tertiary/aromatic N) is 4. The van der Waals surface area contributed by atoms with Crippen LogP contribution in [-0.4, -0.2) is 41.4 Å². The van der Waals surface area contributed by atoms with Crippen LogP contribution in [0, 0.1) is 17.1 Å². The highest BCUT2D eigenvalue weighted by Crippen LogP contribution is 2.36. The number of aromatic nitrogens is 2. The van der Waals surface area contributed by atoms with Crippen molar-refractivity contribution in [3.8, 4) is 6.07 Å². The number of hydrogen-bond acceptors (Lipinski definition) is 4. The van der Waals surface area contributed by atoms with E-state index in [9.17, 15) is 4.39 Å². The van der Waals surface area contributed by atoms with Gasteiger partial charge in [0.1, 0.15) is 12.4 Å². The van der Waals surface area contributed by atoms with Crippen LogP contribution in [-0.2, 0) is 23.3 Å². The Labute approximate surface area is 180 Å². The molecule has 0 bridgehead atoms. The number of nitriles is 1. The zero-order valence-corrected chi connectivity index (χ0v) is 17.7. The largest absolute Gasteiger partial charge is 0.376 e. The molecular formula is C23H24ClFN4O. The summed E-state index contributed by atoms with van der Waals surface area (Å²) in [5, 5.41) is 14.9. The van der Waals surface area contributed by atoms with Gasteiger partial charge in [0.05, 0.1) is 31.0 Å². The van der Waals surface area contributed by atoms with Gasteiger partial charge in [0.25, 0.3) is 0 Å². The molecule has 1 saturated heterocycles. The van der Waals surface area contributed by atoms with Crippen LogP contribution in [0.2, 0.25) is 5.02 Å².